The fraction of sp³-hybridized carbons (Fsp3) is 0.286. The van der Waals surface area contributed by atoms with Crippen LogP contribution in [0.15, 0.2) is 54.6 Å². The lowest BCUT2D eigenvalue weighted by atomic mass is 9.85. The van der Waals surface area contributed by atoms with Crippen molar-refractivity contribution in [1.29, 1.82) is 0 Å². The molecule has 1 atom stereocenters. The molecule has 2 aromatic carbocycles. The van der Waals surface area contributed by atoms with Crippen LogP contribution in [0.25, 0.3) is 0 Å². The van der Waals surface area contributed by atoms with Gasteiger partial charge in [0.2, 0.25) is 0 Å². The monoisotopic (exact) mass is 367 g/mol. The van der Waals surface area contributed by atoms with Crippen LogP contribution in [0.4, 0.5) is 0 Å². The summed E-state index contributed by atoms with van der Waals surface area (Å²) in [6.07, 6.45) is -1.48. The van der Waals surface area contributed by atoms with Crippen molar-refractivity contribution in [2.45, 2.75) is 26.6 Å². The highest BCUT2D eigenvalue weighted by atomic mass is 16.5. The average molecular weight is 367 g/mol. The van der Waals surface area contributed by atoms with Crippen molar-refractivity contribution in [3.63, 3.8) is 0 Å². The predicted molar refractivity (Wildman–Crippen MR) is 97.8 cm³/mol. The second-order valence-corrected chi connectivity index (χ2v) is 7.23. The predicted octanol–water partition coefficient (Wildman–Crippen LogP) is 2.41. The summed E-state index contributed by atoms with van der Waals surface area (Å²) in [4.78, 5) is 38.3. The Balaban J connectivity index is 1.66. The molecule has 27 heavy (non-hydrogen) atoms. The van der Waals surface area contributed by atoms with Gasteiger partial charge in [-0.25, -0.2) is 4.79 Å². The summed E-state index contributed by atoms with van der Waals surface area (Å²) in [6, 6.07) is 15.7. The third kappa shape index (κ3) is 3.75. The summed E-state index contributed by atoms with van der Waals surface area (Å²) in [5, 5.41) is 10.4. The molecule has 1 aliphatic rings. The van der Waals surface area contributed by atoms with E-state index in [0.717, 1.165) is 10.5 Å². The Morgan fingerprint density at radius 3 is 2.07 bits per heavy atom. The number of benzene rings is 2. The summed E-state index contributed by atoms with van der Waals surface area (Å²) in [5.74, 6) is -1.64. The first-order valence-electron chi connectivity index (χ1n) is 8.65. The van der Waals surface area contributed by atoms with E-state index < -0.39 is 29.3 Å². The number of fused-ring (bicyclic) bond motifs is 1. The largest absolute Gasteiger partial charge is 0.459 e. The van der Waals surface area contributed by atoms with E-state index in [1.807, 2.05) is 30.3 Å². The van der Waals surface area contributed by atoms with Crippen molar-refractivity contribution in [2.75, 3.05) is 6.54 Å². The molecule has 0 fully saturated rings. The van der Waals surface area contributed by atoms with Crippen LogP contribution in [0, 0.1) is 5.41 Å². The number of hydrogen-bond donors (Lipinski definition) is 1. The van der Waals surface area contributed by atoms with E-state index in [2.05, 4.69) is 0 Å². The fourth-order valence-corrected chi connectivity index (χ4v) is 3.00. The number of ether oxygens (including phenoxy) is 1. The van der Waals surface area contributed by atoms with Crippen molar-refractivity contribution < 1.29 is 24.2 Å². The Morgan fingerprint density at radius 1 is 1.00 bits per heavy atom. The Kier molecular flexibility index (Phi) is 5.10. The van der Waals surface area contributed by atoms with Crippen molar-refractivity contribution in [3.05, 3.63) is 71.3 Å². The van der Waals surface area contributed by atoms with Gasteiger partial charge in [0.05, 0.1) is 11.1 Å². The highest BCUT2D eigenvalue weighted by Crippen LogP contribution is 2.29. The van der Waals surface area contributed by atoms with Crippen molar-refractivity contribution in [2.24, 2.45) is 5.41 Å². The maximum Gasteiger partial charge on any atom is 0.335 e. The minimum Gasteiger partial charge on any atom is -0.459 e. The molecule has 2 amide bonds. The summed E-state index contributed by atoms with van der Waals surface area (Å²) in [7, 11) is 0. The van der Waals surface area contributed by atoms with Gasteiger partial charge < -0.3 is 9.84 Å². The molecule has 0 aromatic heterocycles. The minimum absolute atomic E-state index is 0.0415. The number of hydrogen-bond acceptors (Lipinski definition) is 5. The van der Waals surface area contributed by atoms with Gasteiger partial charge in [-0.1, -0.05) is 56.3 Å². The van der Waals surface area contributed by atoms with Gasteiger partial charge in [0.25, 0.3) is 11.8 Å². The molecule has 2 aromatic rings. The SMILES string of the molecule is CC(C)(CN1C(=O)c2ccccc2C1=O)C(O)C(=O)OCc1ccccc1. The highest BCUT2D eigenvalue weighted by Gasteiger charge is 2.43. The average Bonchev–Trinajstić information content (AvgIpc) is 2.91. The van der Waals surface area contributed by atoms with Crippen LogP contribution in [0.2, 0.25) is 0 Å². The van der Waals surface area contributed by atoms with Crippen LogP contribution in [-0.2, 0) is 16.1 Å². The number of carbonyl (C=O) groups excluding carboxylic acids is 3. The summed E-state index contributed by atoms with van der Waals surface area (Å²) in [6.45, 7) is 3.18. The standard InChI is InChI=1S/C21H21NO5/c1-21(2,17(23)20(26)27-12-14-8-4-3-5-9-14)13-22-18(24)15-10-6-7-11-16(15)19(22)25/h3-11,17,23H,12-13H2,1-2H3. The van der Waals surface area contributed by atoms with Crippen LogP contribution in [0.5, 0.6) is 0 Å². The van der Waals surface area contributed by atoms with Crippen molar-refractivity contribution >= 4 is 17.8 Å². The molecule has 0 saturated carbocycles. The topological polar surface area (TPSA) is 83.9 Å². The molecule has 1 heterocycles. The van der Waals surface area contributed by atoms with Gasteiger partial charge in [0.15, 0.2) is 6.10 Å². The first-order valence-corrected chi connectivity index (χ1v) is 8.65. The number of esters is 1. The molecule has 6 nitrogen and oxygen atoms in total. The van der Waals surface area contributed by atoms with Gasteiger partial charge in [-0.3, -0.25) is 14.5 Å². The van der Waals surface area contributed by atoms with Gasteiger partial charge in [-0.05, 0) is 17.7 Å². The number of aliphatic hydroxyl groups excluding tert-OH is 1. The second-order valence-electron chi connectivity index (χ2n) is 7.23. The van der Waals surface area contributed by atoms with Gasteiger partial charge in [-0.15, -0.1) is 0 Å². The van der Waals surface area contributed by atoms with E-state index in [-0.39, 0.29) is 13.2 Å². The first-order chi connectivity index (χ1) is 12.8. The van der Waals surface area contributed by atoms with Crippen LogP contribution >= 0.6 is 0 Å². The van der Waals surface area contributed by atoms with Crippen LogP contribution < -0.4 is 0 Å². The molecule has 6 heteroatoms. The summed E-state index contributed by atoms with van der Waals surface area (Å²) < 4.78 is 5.18. The molecule has 0 aliphatic carbocycles. The fourth-order valence-electron chi connectivity index (χ4n) is 3.00. The van der Waals surface area contributed by atoms with Gasteiger partial charge in [-0.2, -0.15) is 0 Å². The lowest BCUT2D eigenvalue weighted by molar-refractivity contribution is -0.161. The number of rotatable bonds is 6. The van der Waals surface area contributed by atoms with E-state index in [1.54, 1.807) is 38.1 Å². The Bertz CT molecular complexity index is 840. The molecule has 1 N–H and O–H groups in total. The zero-order valence-electron chi connectivity index (χ0n) is 15.2. The van der Waals surface area contributed by atoms with E-state index in [1.165, 1.54) is 0 Å². The Labute approximate surface area is 157 Å². The number of nitrogens with zero attached hydrogens (tertiary/aromatic N) is 1. The molecule has 0 bridgehead atoms. The zero-order chi connectivity index (χ0) is 19.6. The first kappa shape index (κ1) is 18.8. The molecule has 140 valence electrons. The van der Waals surface area contributed by atoms with E-state index in [4.69, 9.17) is 4.74 Å². The van der Waals surface area contributed by atoms with Gasteiger partial charge in [0, 0.05) is 12.0 Å². The van der Waals surface area contributed by atoms with Crippen LogP contribution in [0.3, 0.4) is 0 Å². The molecule has 3 rings (SSSR count). The summed E-state index contributed by atoms with van der Waals surface area (Å²) in [5.41, 5.74) is 0.399. The molecule has 1 unspecified atom stereocenters. The normalized spacial score (nSPS) is 14.9. The number of amides is 2. The van der Waals surface area contributed by atoms with Crippen LogP contribution in [-0.4, -0.2) is 40.4 Å². The molecule has 0 radical (unpaired) electrons. The quantitative estimate of drug-likeness (QED) is 0.626. The number of imide groups is 1. The number of carbonyl (C=O) groups is 3. The summed E-state index contributed by atoms with van der Waals surface area (Å²) >= 11 is 0. The van der Waals surface area contributed by atoms with Crippen molar-refractivity contribution in [3.8, 4) is 0 Å². The second kappa shape index (κ2) is 7.32. The zero-order valence-corrected chi connectivity index (χ0v) is 15.2. The maximum atomic E-state index is 12.5. The molecular weight excluding hydrogens is 346 g/mol. The Hall–Kier alpha value is -2.99. The smallest absolute Gasteiger partial charge is 0.335 e. The molecule has 0 spiro atoms. The van der Waals surface area contributed by atoms with E-state index in [9.17, 15) is 19.5 Å². The van der Waals surface area contributed by atoms with Crippen molar-refractivity contribution in [1.82, 2.24) is 4.90 Å². The van der Waals surface area contributed by atoms with E-state index >= 15 is 0 Å². The highest BCUT2D eigenvalue weighted by molar-refractivity contribution is 6.21. The maximum absolute atomic E-state index is 12.5. The van der Waals surface area contributed by atoms with Gasteiger partial charge >= 0.3 is 5.97 Å². The number of aliphatic hydroxyl groups is 1. The minimum atomic E-state index is -1.48. The lowest BCUT2D eigenvalue weighted by Crippen LogP contribution is -2.47. The molecule has 1 aliphatic heterocycles. The third-order valence-electron chi connectivity index (χ3n) is 4.63. The lowest BCUT2D eigenvalue weighted by Gasteiger charge is -2.32. The van der Waals surface area contributed by atoms with Gasteiger partial charge in [0.1, 0.15) is 6.61 Å². The third-order valence-corrected chi connectivity index (χ3v) is 4.63. The Morgan fingerprint density at radius 2 is 1.52 bits per heavy atom. The molecule has 0 saturated heterocycles. The molecular formula is C21H21NO5. The van der Waals surface area contributed by atoms with Crippen LogP contribution in [0.1, 0.15) is 40.1 Å². The van der Waals surface area contributed by atoms with E-state index in [0.29, 0.717) is 11.1 Å².